The van der Waals surface area contributed by atoms with Gasteiger partial charge in [-0.1, -0.05) is 18.2 Å². The highest BCUT2D eigenvalue weighted by Gasteiger charge is 2.34. The quantitative estimate of drug-likeness (QED) is 0.266. The SMILES string of the molecule is CCNC(=NCc1ccccc1OC1CCCC1)NCC1(CCO)CCOC1.I. The van der Waals surface area contributed by atoms with E-state index in [4.69, 9.17) is 14.5 Å². The van der Waals surface area contributed by atoms with Crippen molar-refractivity contribution in [3.8, 4) is 5.75 Å². The van der Waals surface area contributed by atoms with Crippen LogP contribution in [0.3, 0.4) is 0 Å². The molecule has 1 saturated heterocycles. The molecule has 0 radical (unpaired) electrons. The third kappa shape index (κ3) is 7.29. The Labute approximate surface area is 191 Å². The topological polar surface area (TPSA) is 75.1 Å². The summed E-state index contributed by atoms with van der Waals surface area (Å²) < 4.78 is 11.8. The molecule has 1 aromatic carbocycles. The van der Waals surface area contributed by atoms with Crippen LogP contribution in [-0.4, -0.2) is 50.1 Å². The molecule has 29 heavy (non-hydrogen) atoms. The van der Waals surface area contributed by atoms with E-state index in [1.807, 2.05) is 12.1 Å². The summed E-state index contributed by atoms with van der Waals surface area (Å²) in [4.78, 5) is 4.78. The lowest BCUT2D eigenvalue weighted by molar-refractivity contribution is 0.127. The van der Waals surface area contributed by atoms with Crippen LogP contribution in [0.4, 0.5) is 0 Å². The molecule has 1 aliphatic carbocycles. The van der Waals surface area contributed by atoms with E-state index >= 15 is 0 Å². The molecular weight excluding hydrogens is 481 g/mol. The second-order valence-electron chi connectivity index (χ2n) is 7.96. The number of rotatable bonds is 9. The van der Waals surface area contributed by atoms with E-state index in [1.165, 1.54) is 12.8 Å². The van der Waals surface area contributed by atoms with Gasteiger partial charge in [-0.3, -0.25) is 0 Å². The number of aliphatic imine (C=N–C) groups is 1. The molecule has 164 valence electrons. The maximum absolute atomic E-state index is 9.42. The van der Waals surface area contributed by atoms with Crippen molar-refractivity contribution in [2.24, 2.45) is 10.4 Å². The minimum Gasteiger partial charge on any atom is -0.490 e. The van der Waals surface area contributed by atoms with Gasteiger partial charge in [-0.15, -0.1) is 24.0 Å². The first-order valence-corrected chi connectivity index (χ1v) is 10.7. The minimum absolute atomic E-state index is 0. The zero-order valence-corrected chi connectivity index (χ0v) is 19.8. The fraction of sp³-hybridized carbons (Fsp3) is 0.682. The molecule has 0 amide bonds. The van der Waals surface area contributed by atoms with Gasteiger partial charge in [0.2, 0.25) is 0 Å². The third-order valence-electron chi connectivity index (χ3n) is 5.78. The number of ether oxygens (including phenoxy) is 2. The van der Waals surface area contributed by atoms with E-state index in [2.05, 4.69) is 29.7 Å². The first-order chi connectivity index (χ1) is 13.7. The Hall–Kier alpha value is -1.06. The van der Waals surface area contributed by atoms with Gasteiger partial charge in [0.25, 0.3) is 0 Å². The van der Waals surface area contributed by atoms with Crippen LogP contribution in [0.2, 0.25) is 0 Å². The Balaban J connectivity index is 0.00000300. The number of guanidine groups is 1. The molecule has 1 heterocycles. The summed E-state index contributed by atoms with van der Waals surface area (Å²) in [5.74, 6) is 1.75. The smallest absolute Gasteiger partial charge is 0.191 e. The number of nitrogens with zero attached hydrogens (tertiary/aromatic N) is 1. The molecular formula is C22H36IN3O3. The van der Waals surface area contributed by atoms with Crippen LogP contribution in [0.5, 0.6) is 5.75 Å². The maximum Gasteiger partial charge on any atom is 0.191 e. The van der Waals surface area contributed by atoms with Crippen molar-refractivity contribution in [1.82, 2.24) is 10.6 Å². The summed E-state index contributed by atoms with van der Waals surface area (Å²) in [6.45, 7) is 5.83. The van der Waals surface area contributed by atoms with Crippen LogP contribution in [0.15, 0.2) is 29.3 Å². The normalized spacial score (nSPS) is 22.3. The molecule has 3 rings (SSSR count). The Bertz CT molecular complexity index is 629. The van der Waals surface area contributed by atoms with E-state index in [9.17, 15) is 5.11 Å². The van der Waals surface area contributed by atoms with Crippen LogP contribution >= 0.6 is 24.0 Å². The Morgan fingerprint density at radius 2 is 2.07 bits per heavy atom. The van der Waals surface area contributed by atoms with Crippen molar-refractivity contribution in [3.05, 3.63) is 29.8 Å². The fourth-order valence-corrected chi connectivity index (χ4v) is 4.02. The molecule has 1 aromatic rings. The van der Waals surface area contributed by atoms with Gasteiger partial charge in [-0.25, -0.2) is 4.99 Å². The minimum atomic E-state index is -0.00552. The molecule has 3 N–H and O–H groups in total. The number of hydrogen-bond donors (Lipinski definition) is 3. The van der Waals surface area contributed by atoms with Gasteiger partial charge in [0.05, 0.1) is 19.3 Å². The lowest BCUT2D eigenvalue weighted by Gasteiger charge is -2.27. The van der Waals surface area contributed by atoms with Gasteiger partial charge in [0.1, 0.15) is 5.75 Å². The Morgan fingerprint density at radius 3 is 2.76 bits per heavy atom. The monoisotopic (exact) mass is 517 g/mol. The van der Waals surface area contributed by atoms with Crippen LogP contribution in [-0.2, 0) is 11.3 Å². The number of aliphatic hydroxyl groups excluding tert-OH is 1. The second-order valence-corrected chi connectivity index (χ2v) is 7.96. The molecule has 6 nitrogen and oxygen atoms in total. The van der Waals surface area contributed by atoms with Crippen LogP contribution < -0.4 is 15.4 Å². The summed E-state index contributed by atoms with van der Waals surface area (Å²) in [5.41, 5.74) is 1.11. The molecule has 2 fully saturated rings. The highest BCUT2D eigenvalue weighted by molar-refractivity contribution is 14.0. The molecule has 1 unspecified atom stereocenters. The average Bonchev–Trinajstić information content (AvgIpc) is 3.38. The molecule has 0 aromatic heterocycles. The van der Waals surface area contributed by atoms with Crippen molar-refractivity contribution in [1.29, 1.82) is 0 Å². The number of para-hydroxylation sites is 1. The Kier molecular flexibility index (Phi) is 10.5. The van der Waals surface area contributed by atoms with E-state index in [0.29, 0.717) is 19.3 Å². The zero-order chi connectivity index (χ0) is 19.7. The number of aliphatic hydroxyl groups is 1. The summed E-state index contributed by atoms with van der Waals surface area (Å²) in [5, 5.41) is 16.2. The summed E-state index contributed by atoms with van der Waals surface area (Å²) >= 11 is 0. The van der Waals surface area contributed by atoms with Crippen LogP contribution in [0.25, 0.3) is 0 Å². The molecule has 0 bridgehead atoms. The van der Waals surface area contributed by atoms with Crippen molar-refractivity contribution >= 4 is 29.9 Å². The van der Waals surface area contributed by atoms with E-state index in [-0.39, 0.29) is 36.0 Å². The molecule has 7 heteroatoms. The number of benzene rings is 1. The zero-order valence-electron chi connectivity index (χ0n) is 17.5. The third-order valence-corrected chi connectivity index (χ3v) is 5.78. The molecule has 1 atom stereocenters. The van der Waals surface area contributed by atoms with Gasteiger partial charge in [-0.05, 0) is 51.5 Å². The fourth-order valence-electron chi connectivity index (χ4n) is 4.02. The maximum atomic E-state index is 9.42. The van der Waals surface area contributed by atoms with Gasteiger partial charge >= 0.3 is 0 Å². The van der Waals surface area contributed by atoms with Crippen molar-refractivity contribution < 1.29 is 14.6 Å². The van der Waals surface area contributed by atoms with Gasteiger partial charge in [0.15, 0.2) is 5.96 Å². The van der Waals surface area contributed by atoms with E-state index < -0.39 is 0 Å². The highest BCUT2D eigenvalue weighted by Crippen LogP contribution is 2.31. The van der Waals surface area contributed by atoms with E-state index in [1.54, 1.807) is 0 Å². The number of nitrogens with one attached hydrogen (secondary N) is 2. The largest absolute Gasteiger partial charge is 0.490 e. The lowest BCUT2D eigenvalue weighted by atomic mass is 9.84. The predicted octanol–water partition coefficient (Wildman–Crippen LogP) is 3.47. The van der Waals surface area contributed by atoms with Crippen molar-refractivity contribution in [3.63, 3.8) is 0 Å². The van der Waals surface area contributed by atoms with Gasteiger partial charge < -0.3 is 25.2 Å². The number of hydrogen-bond acceptors (Lipinski definition) is 4. The second kappa shape index (κ2) is 12.6. The Morgan fingerprint density at radius 1 is 1.28 bits per heavy atom. The summed E-state index contributed by atoms with van der Waals surface area (Å²) in [6, 6.07) is 8.21. The lowest BCUT2D eigenvalue weighted by Crippen LogP contribution is -2.44. The molecule has 1 saturated carbocycles. The van der Waals surface area contributed by atoms with Gasteiger partial charge in [0, 0.05) is 37.3 Å². The average molecular weight is 517 g/mol. The van der Waals surface area contributed by atoms with Crippen molar-refractivity contribution in [2.75, 3.05) is 32.9 Å². The molecule has 2 aliphatic rings. The predicted molar refractivity (Wildman–Crippen MR) is 127 cm³/mol. The van der Waals surface area contributed by atoms with E-state index in [0.717, 1.165) is 62.7 Å². The summed E-state index contributed by atoms with van der Waals surface area (Å²) in [7, 11) is 0. The first-order valence-electron chi connectivity index (χ1n) is 10.7. The molecule has 0 spiro atoms. The summed E-state index contributed by atoms with van der Waals surface area (Å²) in [6.07, 6.45) is 6.89. The molecule has 1 aliphatic heterocycles. The standard InChI is InChI=1S/C22H35N3O3.HI/c1-2-23-21(25-16-22(11-13-26)12-14-27-17-22)24-15-18-7-3-6-10-20(18)28-19-8-4-5-9-19;/h3,6-7,10,19,26H,2,4-5,8-9,11-17H2,1H3,(H2,23,24,25);1H. The van der Waals surface area contributed by atoms with Gasteiger partial charge in [-0.2, -0.15) is 0 Å². The van der Waals surface area contributed by atoms with Crippen LogP contribution in [0, 0.1) is 5.41 Å². The highest BCUT2D eigenvalue weighted by atomic mass is 127. The van der Waals surface area contributed by atoms with Crippen LogP contribution in [0.1, 0.15) is 51.0 Å². The first kappa shape index (κ1) is 24.2. The van der Waals surface area contributed by atoms with Crippen molar-refractivity contribution in [2.45, 2.75) is 58.1 Å². The number of halogens is 1.